The van der Waals surface area contributed by atoms with Gasteiger partial charge in [0.2, 0.25) is 0 Å². The number of nitrogens with zero attached hydrogens (tertiary/aromatic N) is 1. The molecule has 0 bridgehead atoms. The van der Waals surface area contributed by atoms with Crippen molar-refractivity contribution in [2.24, 2.45) is 5.92 Å². The molecule has 1 aromatic rings. The number of aryl methyl sites for hydroxylation is 1. The van der Waals surface area contributed by atoms with Gasteiger partial charge in [-0.15, -0.1) is 0 Å². The molecule has 1 aliphatic rings. The van der Waals surface area contributed by atoms with Crippen LogP contribution in [0.5, 0.6) is 5.75 Å². The molecule has 0 amide bonds. The average Bonchev–Trinajstić information content (AvgIpc) is 2.42. The van der Waals surface area contributed by atoms with Crippen molar-refractivity contribution in [2.45, 2.75) is 44.8 Å². The van der Waals surface area contributed by atoms with Gasteiger partial charge in [-0.05, 0) is 58.5 Å². The Bertz CT molecular complexity index is 446. The zero-order chi connectivity index (χ0) is 16.8. The predicted molar refractivity (Wildman–Crippen MR) is 90.3 cm³/mol. The number of hydrogen-bond donors (Lipinski definition) is 2. The van der Waals surface area contributed by atoms with Gasteiger partial charge in [0.15, 0.2) is 0 Å². The number of hydrogen-bond acceptors (Lipinski definition) is 4. The summed E-state index contributed by atoms with van der Waals surface area (Å²) in [6, 6.07) is 7.96. The highest BCUT2D eigenvalue weighted by Gasteiger charge is 2.38. The Labute approximate surface area is 134 Å². The largest absolute Gasteiger partial charge is 0.497 e. The highest BCUT2D eigenvalue weighted by Crippen LogP contribution is 2.33. The van der Waals surface area contributed by atoms with Crippen LogP contribution in [0.4, 0.5) is 0 Å². The second-order valence-electron chi connectivity index (χ2n) is 6.77. The van der Waals surface area contributed by atoms with Crippen LogP contribution in [0.2, 0.25) is 0 Å². The molecule has 3 atom stereocenters. The molecule has 1 saturated carbocycles. The van der Waals surface area contributed by atoms with E-state index in [1.165, 1.54) is 5.56 Å². The first kappa shape index (κ1) is 18.9. The zero-order valence-electron chi connectivity index (χ0n) is 14.5. The molecule has 22 heavy (non-hydrogen) atoms. The van der Waals surface area contributed by atoms with Crippen molar-refractivity contribution in [1.82, 2.24) is 4.90 Å². The van der Waals surface area contributed by atoms with Gasteiger partial charge in [-0.25, -0.2) is 0 Å². The maximum absolute atomic E-state index is 10.1. The van der Waals surface area contributed by atoms with Crippen LogP contribution in [-0.4, -0.2) is 54.6 Å². The number of methoxy groups -OCH3 is 1. The second-order valence-corrected chi connectivity index (χ2v) is 6.77. The summed E-state index contributed by atoms with van der Waals surface area (Å²) >= 11 is 0. The van der Waals surface area contributed by atoms with Crippen LogP contribution >= 0.6 is 0 Å². The molecule has 1 aliphatic carbocycles. The third-order valence-corrected chi connectivity index (χ3v) is 4.19. The van der Waals surface area contributed by atoms with Gasteiger partial charge in [-0.3, -0.25) is 0 Å². The Balaban J connectivity index is 0.000000235. The first-order valence-corrected chi connectivity index (χ1v) is 7.90. The van der Waals surface area contributed by atoms with Crippen LogP contribution in [0.15, 0.2) is 24.3 Å². The zero-order valence-corrected chi connectivity index (χ0v) is 14.5. The molecule has 0 radical (unpaired) electrons. The summed E-state index contributed by atoms with van der Waals surface area (Å²) in [4.78, 5) is 2.09. The molecule has 0 aromatic heterocycles. The molecule has 1 aromatic carbocycles. The van der Waals surface area contributed by atoms with Crippen molar-refractivity contribution in [3.63, 3.8) is 0 Å². The molecule has 0 unspecified atom stereocenters. The molecular formula is C18H31NO3. The van der Waals surface area contributed by atoms with Gasteiger partial charge >= 0.3 is 0 Å². The van der Waals surface area contributed by atoms with E-state index in [4.69, 9.17) is 4.74 Å². The maximum atomic E-state index is 10.1. The van der Waals surface area contributed by atoms with Crippen LogP contribution in [-0.2, 0) is 0 Å². The minimum absolute atomic E-state index is 0.297. The smallest absolute Gasteiger partial charge is 0.119 e. The molecule has 2 N–H and O–H groups in total. The van der Waals surface area contributed by atoms with Crippen molar-refractivity contribution in [2.75, 3.05) is 27.7 Å². The molecule has 4 nitrogen and oxygen atoms in total. The van der Waals surface area contributed by atoms with E-state index < -0.39 is 5.60 Å². The van der Waals surface area contributed by atoms with Gasteiger partial charge in [0.25, 0.3) is 0 Å². The fourth-order valence-corrected chi connectivity index (χ4v) is 2.92. The SMILES string of the molecule is CN(C)C[C@H]1CC[C@@H](O)C[C@@]1(C)O.COc1cccc(C)c1. The van der Waals surface area contributed by atoms with E-state index in [0.29, 0.717) is 12.3 Å². The second kappa shape index (κ2) is 8.51. The summed E-state index contributed by atoms with van der Waals surface area (Å²) in [6.45, 7) is 4.78. The van der Waals surface area contributed by atoms with Gasteiger partial charge in [0.05, 0.1) is 18.8 Å². The number of benzene rings is 1. The summed E-state index contributed by atoms with van der Waals surface area (Å²) in [5, 5.41) is 19.5. The minimum atomic E-state index is -0.693. The van der Waals surface area contributed by atoms with E-state index in [9.17, 15) is 10.2 Å². The number of aliphatic hydroxyl groups is 2. The summed E-state index contributed by atoms with van der Waals surface area (Å²) < 4.78 is 5.00. The third kappa shape index (κ3) is 6.34. The van der Waals surface area contributed by atoms with E-state index in [1.54, 1.807) is 7.11 Å². The van der Waals surface area contributed by atoms with Crippen LogP contribution in [0, 0.1) is 12.8 Å². The maximum Gasteiger partial charge on any atom is 0.119 e. The number of ether oxygens (including phenoxy) is 1. The summed E-state index contributed by atoms with van der Waals surface area (Å²) in [5.41, 5.74) is 0.538. The molecule has 0 aliphatic heterocycles. The van der Waals surface area contributed by atoms with Crippen molar-refractivity contribution < 1.29 is 14.9 Å². The minimum Gasteiger partial charge on any atom is -0.497 e. The van der Waals surface area contributed by atoms with Crippen LogP contribution in [0.25, 0.3) is 0 Å². The topological polar surface area (TPSA) is 52.9 Å². The monoisotopic (exact) mass is 309 g/mol. The predicted octanol–water partition coefficient (Wildman–Crippen LogP) is 2.46. The molecule has 1 fully saturated rings. The first-order chi connectivity index (χ1) is 10.2. The summed E-state index contributed by atoms with van der Waals surface area (Å²) in [6.07, 6.45) is 1.96. The van der Waals surface area contributed by atoms with Crippen LogP contribution < -0.4 is 4.74 Å². The third-order valence-electron chi connectivity index (χ3n) is 4.19. The lowest BCUT2D eigenvalue weighted by Crippen LogP contribution is -2.46. The first-order valence-electron chi connectivity index (χ1n) is 7.90. The molecule has 0 saturated heterocycles. The lowest BCUT2D eigenvalue weighted by atomic mass is 9.75. The Kier molecular flexibility index (Phi) is 7.33. The Morgan fingerprint density at radius 3 is 2.45 bits per heavy atom. The lowest BCUT2D eigenvalue weighted by molar-refractivity contribution is -0.0802. The van der Waals surface area contributed by atoms with Crippen LogP contribution in [0.1, 0.15) is 31.7 Å². The Morgan fingerprint density at radius 2 is 2.00 bits per heavy atom. The van der Waals surface area contributed by atoms with Gasteiger partial charge in [-0.2, -0.15) is 0 Å². The number of aliphatic hydroxyl groups excluding tert-OH is 1. The Hall–Kier alpha value is -1.10. The standard InChI is InChI=1S/C10H21NO2.C8H10O/c1-10(13)6-9(12)5-4-8(10)7-11(2)3;1-7-4-3-5-8(6-7)9-2/h8-9,12-13H,4-7H2,1-3H3;3-6H,1-2H3/t8-,9-,10-;/m1./s1. The highest BCUT2D eigenvalue weighted by molar-refractivity contribution is 5.27. The molecule has 126 valence electrons. The van der Waals surface area contributed by atoms with Gasteiger partial charge in [0.1, 0.15) is 5.75 Å². The van der Waals surface area contributed by atoms with E-state index in [1.807, 2.05) is 52.2 Å². The summed E-state index contributed by atoms with van der Waals surface area (Å²) in [5.74, 6) is 1.22. The highest BCUT2D eigenvalue weighted by atomic mass is 16.5. The van der Waals surface area contributed by atoms with Gasteiger partial charge in [0, 0.05) is 18.9 Å². The van der Waals surface area contributed by atoms with E-state index in [0.717, 1.165) is 25.1 Å². The van der Waals surface area contributed by atoms with E-state index in [-0.39, 0.29) is 6.10 Å². The summed E-state index contributed by atoms with van der Waals surface area (Å²) in [7, 11) is 5.71. The van der Waals surface area contributed by atoms with Crippen molar-refractivity contribution in [1.29, 1.82) is 0 Å². The molecule has 0 spiro atoms. The van der Waals surface area contributed by atoms with E-state index >= 15 is 0 Å². The van der Waals surface area contributed by atoms with E-state index in [2.05, 4.69) is 4.90 Å². The van der Waals surface area contributed by atoms with Crippen molar-refractivity contribution in [3.05, 3.63) is 29.8 Å². The lowest BCUT2D eigenvalue weighted by Gasteiger charge is -2.40. The quantitative estimate of drug-likeness (QED) is 0.900. The molecule has 0 heterocycles. The Morgan fingerprint density at radius 1 is 1.32 bits per heavy atom. The average molecular weight is 309 g/mol. The van der Waals surface area contributed by atoms with Crippen LogP contribution in [0.3, 0.4) is 0 Å². The fourth-order valence-electron chi connectivity index (χ4n) is 2.92. The normalized spacial score (nSPS) is 28.0. The number of rotatable bonds is 3. The van der Waals surface area contributed by atoms with Crippen molar-refractivity contribution >= 4 is 0 Å². The van der Waals surface area contributed by atoms with Gasteiger partial charge in [-0.1, -0.05) is 12.1 Å². The van der Waals surface area contributed by atoms with Crippen molar-refractivity contribution in [3.8, 4) is 5.75 Å². The molecule has 2 rings (SSSR count). The molecule has 4 heteroatoms. The van der Waals surface area contributed by atoms with Gasteiger partial charge < -0.3 is 19.8 Å². The molecular weight excluding hydrogens is 278 g/mol. The fraction of sp³-hybridized carbons (Fsp3) is 0.667.